The van der Waals surface area contributed by atoms with Crippen molar-refractivity contribution in [3.63, 3.8) is 0 Å². The Kier molecular flexibility index (Phi) is 9.90. The number of hydrogen-bond acceptors (Lipinski definition) is 6. The van der Waals surface area contributed by atoms with Crippen molar-refractivity contribution in [2.24, 2.45) is 0 Å². The number of halogens is 2. The summed E-state index contributed by atoms with van der Waals surface area (Å²) < 4.78 is 17.9. The molecule has 2 unspecified atom stereocenters. The summed E-state index contributed by atoms with van der Waals surface area (Å²) in [5.41, 5.74) is -1.36. The van der Waals surface area contributed by atoms with Crippen molar-refractivity contribution < 1.29 is 28.9 Å². The van der Waals surface area contributed by atoms with Gasteiger partial charge in [-0.25, -0.2) is 9.59 Å². The molecule has 0 heterocycles. The van der Waals surface area contributed by atoms with Crippen LogP contribution in [-0.4, -0.2) is 33.8 Å². The van der Waals surface area contributed by atoms with Gasteiger partial charge in [0.15, 0.2) is 11.8 Å². The Morgan fingerprint density at radius 2 is 1.53 bits per heavy atom. The molecule has 11 heteroatoms. The molecule has 3 aromatic rings. The molecule has 3 rings (SSSR count). The average molecular weight is 567 g/mol. The van der Waals surface area contributed by atoms with Gasteiger partial charge in [0.1, 0.15) is 24.1 Å². The molecule has 3 aromatic carbocycles. The molecular weight excluding hydrogens is 544 g/mol. The van der Waals surface area contributed by atoms with E-state index in [1.807, 2.05) is 6.07 Å². The Morgan fingerprint density at radius 3 is 1.97 bits per heavy atom. The van der Waals surface area contributed by atoms with Gasteiger partial charge in [-0.15, -0.1) is 0 Å². The predicted molar refractivity (Wildman–Crippen MR) is 143 cm³/mol. The van der Waals surface area contributed by atoms with Gasteiger partial charge >= 0.3 is 17.7 Å². The second kappa shape index (κ2) is 12.9. The number of ether oxygens (including phenoxy) is 3. The van der Waals surface area contributed by atoms with Crippen molar-refractivity contribution >= 4 is 54.4 Å². The molecule has 0 saturated heterocycles. The smallest absolute Gasteiger partial charge is 0.480 e. The van der Waals surface area contributed by atoms with E-state index in [-0.39, 0.29) is 24.5 Å². The molecule has 1 amide bonds. The standard InChI is InChI=1S/C25H22Cl2NO6PS/c1-2-22(23(29)30)28(24(31)32-16-17-8-4-3-5-9-17)25(35-36,33-20-12-6-10-18(26)14-20)34-21-13-7-11-19(27)15-21/h3-15,22H,2,16H2,1H3,(H,29,30)/p+1. The number of carboxylic acids is 1. The van der Waals surface area contributed by atoms with E-state index in [1.165, 1.54) is 12.1 Å². The highest BCUT2D eigenvalue weighted by atomic mass is 35.5. The van der Waals surface area contributed by atoms with Crippen LogP contribution in [0, 0.1) is 0 Å². The number of benzene rings is 3. The summed E-state index contributed by atoms with van der Waals surface area (Å²) >= 11 is 17.7. The lowest BCUT2D eigenvalue weighted by Gasteiger charge is -2.36. The minimum atomic E-state index is -2.07. The lowest BCUT2D eigenvalue weighted by Crippen LogP contribution is -2.61. The molecule has 36 heavy (non-hydrogen) atoms. The molecule has 7 nitrogen and oxygen atoms in total. The quantitative estimate of drug-likeness (QED) is 0.204. The first-order valence-electron chi connectivity index (χ1n) is 10.8. The Balaban J connectivity index is 2.10. The fourth-order valence-electron chi connectivity index (χ4n) is 3.30. The Labute approximate surface area is 225 Å². The molecule has 0 radical (unpaired) electrons. The van der Waals surface area contributed by atoms with Crippen molar-refractivity contribution in [3.05, 3.63) is 94.5 Å². The lowest BCUT2D eigenvalue weighted by atomic mass is 10.2. The molecule has 0 spiro atoms. The van der Waals surface area contributed by atoms with Crippen LogP contribution in [0.3, 0.4) is 0 Å². The maximum Gasteiger partial charge on any atom is 0.525 e. The van der Waals surface area contributed by atoms with Gasteiger partial charge in [-0.05, 0) is 48.4 Å². The fraction of sp³-hybridized carbons (Fsp3) is 0.200. The van der Waals surface area contributed by atoms with Crippen LogP contribution >= 0.6 is 30.6 Å². The van der Waals surface area contributed by atoms with Gasteiger partial charge in [0, 0.05) is 10.0 Å². The van der Waals surface area contributed by atoms with Gasteiger partial charge in [0.25, 0.3) is 7.36 Å². The summed E-state index contributed by atoms with van der Waals surface area (Å²) in [5.74, 6) is -0.859. The maximum atomic E-state index is 13.5. The maximum absolute atomic E-state index is 13.5. The number of carbonyl (C=O) groups excluding carboxylic acids is 1. The van der Waals surface area contributed by atoms with Crippen molar-refractivity contribution in [1.82, 2.24) is 4.90 Å². The third-order valence-electron chi connectivity index (χ3n) is 4.94. The summed E-state index contributed by atoms with van der Waals surface area (Å²) in [7, 11) is -0.689. The zero-order valence-corrected chi connectivity index (χ0v) is 22.4. The van der Waals surface area contributed by atoms with Crippen molar-refractivity contribution in [2.75, 3.05) is 0 Å². The number of carboxylic acid groups (broad SMARTS) is 1. The summed E-state index contributed by atoms with van der Waals surface area (Å²) in [6.07, 6.45) is -0.954. The van der Waals surface area contributed by atoms with Crippen molar-refractivity contribution in [2.45, 2.75) is 31.6 Å². The van der Waals surface area contributed by atoms with E-state index in [0.717, 1.165) is 4.90 Å². The van der Waals surface area contributed by atoms with E-state index in [2.05, 4.69) is 0 Å². The molecule has 0 aliphatic carbocycles. The molecule has 0 fully saturated rings. The number of rotatable bonds is 11. The first-order valence-corrected chi connectivity index (χ1v) is 13.7. The third kappa shape index (κ3) is 7.08. The Bertz CT molecular complexity index is 1170. The van der Waals surface area contributed by atoms with Gasteiger partial charge < -0.3 is 19.3 Å². The highest BCUT2D eigenvalue weighted by molar-refractivity contribution is 7.97. The van der Waals surface area contributed by atoms with Crippen molar-refractivity contribution in [1.29, 1.82) is 0 Å². The van der Waals surface area contributed by atoms with Crippen LogP contribution in [0.1, 0.15) is 18.9 Å². The largest absolute Gasteiger partial charge is 0.525 e. The topological polar surface area (TPSA) is 85.3 Å². The normalized spacial score (nSPS) is 12.0. The minimum Gasteiger partial charge on any atom is -0.480 e. The fourth-order valence-corrected chi connectivity index (χ4v) is 4.87. The van der Waals surface area contributed by atoms with Gasteiger partial charge in [-0.3, -0.25) is 0 Å². The second-order valence-electron chi connectivity index (χ2n) is 7.48. The molecule has 2 atom stereocenters. The van der Waals surface area contributed by atoms with Crippen LogP contribution < -0.4 is 9.47 Å². The summed E-state index contributed by atoms with van der Waals surface area (Å²) in [4.78, 5) is 26.7. The molecule has 0 aliphatic rings. The van der Waals surface area contributed by atoms with E-state index in [1.54, 1.807) is 67.6 Å². The molecular formula is C25H23Cl2NO6PS+. The highest BCUT2D eigenvalue weighted by Crippen LogP contribution is 2.38. The van der Waals surface area contributed by atoms with Gasteiger partial charge in [0.05, 0.1) is 0 Å². The van der Waals surface area contributed by atoms with Gasteiger partial charge in [0.2, 0.25) is 0 Å². The molecule has 1 N–H and O–H groups in total. The Hall–Kier alpha value is -2.90. The molecule has 0 saturated carbocycles. The Morgan fingerprint density at radius 1 is 0.972 bits per heavy atom. The zero-order valence-electron chi connectivity index (χ0n) is 19.1. The van der Waals surface area contributed by atoms with Gasteiger partial charge in [-0.1, -0.05) is 72.6 Å². The van der Waals surface area contributed by atoms with Crippen LogP contribution in [-0.2, 0) is 27.9 Å². The highest BCUT2D eigenvalue weighted by Gasteiger charge is 2.57. The van der Waals surface area contributed by atoms with Crippen molar-refractivity contribution in [3.8, 4) is 11.5 Å². The van der Waals surface area contributed by atoms with Crippen LogP contribution in [0.2, 0.25) is 10.0 Å². The van der Waals surface area contributed by atoms with Gasteiger partial charge in [-0.2, -0.15) is 4.90 Å². The van der Waals surface area contributed by atoms with E-state index in [4.69, 9.17) is 49.2 Å². The SMILES string of the molecule is CCC(C(=O)O)N(C(=O)OCc1ccccc1)C(Oc1cccc(Cl)c1)(Oc1cccc(Cl)c1)[PH+]=S. The van der Waals surface area contributed by atoms with E-state index in [0.29, 0.717) is 15.6 Å². The first kappa shape index (κ1) is 27.7. The first-order chi connectivity index (χ1) is 17.3. The van der Waals surface area contributed by atoms with E-state index >= 15 is 0 Å². The number of aliphatic carboxylic acids is 1. The minimum absolute atomic E-state index is 0.0230. The van der Waals surface area contributed by atoms with Crippen LogP contribution in [0.5, 0.6) is 11.5 Å². The number of nitrogens with zero attached hydrogens (tertiary/aromatic N) is 1. The number of carbonyl (C=O) groups is 2. The summed E-state index contributed by atoms with van der Waals surface area (Å²) in [5, 5.41) is 10.7. The van der Waals surface area contributed by atoms with E-state index < -0.39 is 31.1 Å². The summed E-state index contributed by atoms with van der Waals surface area (Å²) in [6.45, 7) is 1.52. The molecule has 0 bridgehead atoms. The third-order valence-corrected chi connectivity index (χ3v) is 6.88. The average Bonchev–Trinajstić information content (AvgIpc) is 2.86. The monoisotopic (exact) mass is 566 g/mol. The lowest BCUT2D eigenvalue weighted by molar-refractivity contribution is -0.173. The van der Waals surface area contributed by atoms with Crippen LogP contribution in [0.25, 0.3) is 0 Å². The summed E-state index contributed by atoms with van der Waals surface area (Å²) in [6, 6.07) is 20.3. The molecule has 0 aromatic heterocycles. The zero-order chi connectivity index (χ0) is 26.1. The number of hydrogen-bond donors (Lipinski definition) is 1. The second-order valence-corrected chi connectivity index (χ2v) is 9.80. The van der Waals surface area contributed by atoms with E-state index in [9.17, 15) is 14.7 Å². The van der Waals surface area contributed by atoms with Crippen LogP contribution in [0.4, 0.5) is 4.79 Å². The molecule has 0 aliphatic heterocycles. The molecule has 188 valence electrons. The predicted octanol–water partition coefficient (Wildman–Crippen LogP) is 6.70. The van der Waals surface area contributed by atoms with Crippen LogP contribution in [0.15, 0.2) is 78.9 Å². The number of amides is 1.